The minimum Gasteiger partial charge on any atom is -0.497 e. The third kappa shape index (κ3) is 3.38. The molecule has 2 aromatic rings. The Bertz CT molecular complexity index is 944. The zero-order valence-electron chi connectivity index (χ0n) is 15.5. The largest absolute Gasteiger partial charge is 0.497 e. The van der Waals surface area contributed by atoms with E-state index in [-0.39, 0.29) is 11.8 Å². The highest BCUT2D eigenvalue weighted by Crippen LogP contribution is 2.31. The van der Waals surface area contributed by atoms with Gasteiger partial charge in [0.05, 0.1) is 19.2 Å². The van der Waals surface area contributed by atoms with Crippen LogP contribution in [0.15, 0.2) is 42.5 Å². The van der Waals surface area contributed by atoms with Crippen LogP contribution in [0.3, 0.4) is 0 Å². The van der Waals surface area contributed by atoms with E-state index in [0.29, 0.717) is 31.8 Å². The van der Waals surface area contributed by atoms with E-state index in [1.54, 1.807) is 19.3 Å². The van der Waals surface area contributed by atoms with E-state index in [1.165, 1.54) is 0 Å². The Balaban J connectivity index is 1.57. The van der Waals surface area contributed by atoms with Crippen LogP contribution in [0.4, 0.5) is 0 Å². The van der Waals surface area contributed by atoms with Gasteiger partial charge in [-0.15, -0.1) is 0 Å². The zero-order valence-corrected chi connectivity index (χ0v) is 15.5. The van der Waals surface area contributed by atoms with Crippen molar-refractivity contribution in [1.29, 1.82) is 0 Å². The lowest BCUT2D eigenvalue weighted by atomic mass is 9.91. The van der Waals surface area contributed by atoms with Crippen LogP contribution in [0.25, 0.3) is 5.57 Å². The number of hydrogen-bond donors (Lipinski definition) is 0. The van der Waals surface area contributed by atoms with Crippen LogP contribution in [0.2, 0.25) is 0 Å². The Hall–Kier alpha value is -2.92. The molecule has 4 rings (SSSR count). The number of nitrogens with zero attached hydrogens (tertiary/aromatic N) is 1. The number of rotatable bonds is 4. The normalized spacial score (nSPS) is 16.7. The van der Waals surface area contributed by atoms with Crippen LogP contribution in [0.5, 0.6) is 5.75 Å². The molecule has 2 aliphatic heterocycles. The highest BCUT2D eigenvalue weighted by Gasteiger charge is 2.26. The third-order valence-electron chi connectivity index (χ3n) is 5.19. The monoisotopic (exact) mass is 363 g/mol. The number of ketones is 1. The third-order valence-corrected chi connectivity index (χ3v) is 5.19. The van der Waals surface area contributed by atoms with E-state index in [0.717, 1.165) is 33.6 Å². The average Bonchev–Trinajstić information content (AvgIpc) is 3.04. The van der Waals surface area contributed by atoms with Crippen molar-refractivity contribution in [2.75, 3.05) is 20.2 Å². The molecule has 0 saturated heterocycles. The minimum atomic E-state index is -0.269. The molecular formula is C22H21NO4. The van der Waals surface area contributed by atoms with Crippen LogP contribution in [0.1, 0.15) is 32.6 Å². The van der Waals surface area contributed by atoms with Gasteiger partial charge in [0.25, 0.3) is 0 Å². The van der Waals surface area contributed by atoms with Crippen molar-refractivity contribution in [3.8, 4) is 5.75 Å². The molecule has 27 heavy (non-hydrogen) atoms. The number of esters is 1. The van der Waals surface area contributed by atoms with E-state index in [2.05, 4.69) is 4.90 Å². The highest BCUT2D eigenvalue weighted by molar-refractivity contribution is 6.01. The maximum Gasteiger partial charge on any atom is 0.338 e. The molecule has 0 spiro atoms. The van der Waals surface area contributed by atoms with Crippen molar-refractivity contribution in [1.82, 2.24) is 4.90 Å². The highest BCUT2D eigenvalue weighted by atomic mass is 16.5. The Morgan fingerprint density at radius 1 is 1.04 bits per heavy atom. The first-order valence-corrected chi connectivity index (χ1v) is 8.94. The van der Waals surface area contributed by atoms with Crippen LogP contribution in [-0.2, 0) is 22.7 Å². The fourth-order valence-corrected chi connectivity index (χ4v) is 3.76. The maximum absolute atomic E-state index is 12.3. The average molecular weight is 363 g/mol. The van der Waals surface area contributed by atoms with Crippen molar-refractivity contribution < 1.29 is 19.1 Å². The maximum atomic E-state index is 12.3. The number of fused-ring (bicyclic) bond motifs is 1. The summed E-state index contributed by atoms with van der Waals surface area (Å²) in [5.41, 5.74) is 5.71. The first kappa shape index (κ1) is 17.5. The predicted molar refractivity (Wildman–Crippen MR) is 102 cm³/mol. The van der Waals surface area contributed by atoms with Crippen molar-refractivity contribution in [2.45, 2.75) is 20.1 Å². The van der Waals surface area contributed by atoms with Crippen LogP contribution in [0, 0.1) is 6.92 Å². The van der Waals surface area contributed by atoms with Gasteiger partial charge in [-0.1, -0.05) is 18.2 Å². The summed E-state index contributed by atoms with van der Waals surface area (Å²) in [4.78, 5) is 26.2. The SMILES string of the molecule is COc1ccc(CN2CC(=O)C=C(c3ccc4c(c3C)COC4=O)C2)cc1. The smallest absolute Gasteiger partial charge is 0.338 e. The van der Waals surface area contributed by atoms with Crippen molar-refractivity contribution in [3.63, 3.8) is 0 Å². The molecule has 0 unspecified atom stereocenters. The standard InChI is InChI=1S/C22H21NO4/c1-14-19(7-8-20-21(14)13-27-22(20)25)16-9-17(24)12-23(11-16)10-15-3-5-18(26-2)6-4-15/h3-9H,10-13H2,1-2H3. The van der Waals surface area contributed by atoms with Gasteiger partial charge in [0, 0.05) is 18.7 Å². The second kappa shape index (κ2) is 7.00. The minimum absolute atomic E-state index is 0.0944. The molecule has 0 amide bonds. The van der Waals surface area contributed by atoms with E-state index >= 15 is 0 Å². The zero-order chi connectivity index (χ0) is 19.0. The molecule has 2 aromatic carbocycles. The first-order valence-electron chi connectivity index (χ1n) is 8.94. The molecule has 2 heterocycles. The van der Waals surface area contributed by atoms with Crippen molar-refractivity contribution in [2.24, 2.45) is 0 Å². The molecule has 0 aliphatic carbocycles. The number of carbonyl (C=O) groups is 2. The summed E-state index contributed by atoms with van der Waals surface area (Å²) in [7, 11) is 1.65. The lowest BCUT2D eigenvalue weighted by Gasteiger charge is -2.27. The first-order chi connectivity index (χ1) is 13.0. The van der Waals surface area contributed by atoms with Gasteiger partial charge >= 0.3 is 5.97 Å². The Labute approximate surface area is 158 Å². The topological polar surface area (TPSA) is 55.8 Å². The summed E-state index contributed by atoms with van der Waals surface area (Å²) in [6.45, 7) is 4.08. The molecule has 5 heteroatoms. The van der Waals surface area contributed by atoms with Gasteiger partial charge in [0.2, 0.25) is 0 Å². The van der Waals surface area contributed by atoms with E-state index in [4.69, 9.17) is 9.47 Å². The van der Waals surface area contributed by atoms with Gasteiger partial charge in [-0.3, -0.25) is 9.69 Å². The van der Waals surface area contributed by atoms with Gasteiger partial charge in [-0.2, -0.15) is 0 Å². The molecular weight excluding hydrogens is 342 g/mol. The van der Waals surface area contributed by atoms with Gasteiger partial charge < -0.3 is 9.47 Å². The Morgan fingerprint density at radius 3 is 2.52 bits per heavy atom. The van der Waals surface area contributed by atoms with Crippen LogP contribution in [-0.4, -0.2) is 36.9 Å². The van der Waals surface area contributed by atoms with E-state index in [9.17, 15) is 9.59 Å². The fourth-order valence-electron chi connectivity index (χ4n) is 3.76. The second-order valence-corrected chi connectivity index (χ2v) is 6.97. The van der Waals surface area contributed by atoms with Crippen LogP contribution < -0.4 is 4.74 Å². The summed E-state index contributed by atoms with van der Waals surface area (Å²) >= 11 is 0. The molecule has 0 radical (unpaired) electrons. The summed E-state index contributed by atoms with van der Waals surface area (Å²) < 4.78 is 10.3. The number of carbonyl (C=O) groups excluding carboxylic acids is 2. The summed E-state index contributed by atoms with van der Waals surface area (Å²) in [6, 6.07) is 11.6. The van der Waals surface area contributed by atoms with E-state index in [1.807, 2.05) is 37.3 Å². The van der Waals surface area contributed by atoms with Crippen molar-refractivity contribution >= 4 is 17.3 Å². The Morgan fingerprint density at radius 2 is 1.78 bits per heavy atom. The second-order valence-electron chi connectivity index (χ2n) is 6.97. The predicted octanol–water partition coefficient (Wildman–Crippen LogP) is 3.14. The molecule has 0 aromatic heterocycles. The summed E-state index contributed by atoms with van der Waals surface area (Å²) in [5, 5.41) is 0. The number of methoxy groups -OCH3 is 1. The summed E-state index contributed by atoms with van der Waals surface area (Å²) in [6.07, 6.45) is 1.73. The van der Waals surface area contributed by atoms with Gasteiger partial charge in [-0.05, 0) is 53.5 Å². The molecule has 0 atom stereocenters. The molecule has 0 fully saturated rings. The lowest BCUT2D eigenvalue weighted by Crippen LogP contribution is -2.34. The fraction of sp³-hybridized carbons (Fsp3) is 0.273. The molecule has 5 nitrogen and oxygen atoms in total. The molecule has 138 valence electrons. The van der Waals surface area contributed by atoms with Gasteiger partial charge in [0.15, 0.2) is 5.78 Å². The molecule has 2 aliphatic rings. The molecule has 0 N–H and O–H groups in total. The number of ether oxygens (including phenoxy) is 2. The number of hydrogen-bond acceptors (Lipinski definition) is 5. The van der Waals surface area contributed by atoms with Crippen molar-refractivity contribution in [3.05, 3.63) is 70.3 Å². The Kier molecular flexibility index (Phi) is 4.54. The van der Waals surface area contributed by atoms with E-state index < -0.39 is 0 Å². The van der Waals surface area contributed by atoms with Gasteiger partial charge in [0.1, 0.15) is 12.4 Å². The number of cyclic esters (lactones) is 1. The van der Waals surface area contributed by atoms with Crippen LogP contribution >= 0.6 is 0 Å². The lowest BCUT2D eigenvalue weighted by molar-refractivity contribution is -0.116. The van der Waals surface area contributed by atoms with Gasteiger partial charge in [-0.25, -0.2) is 4.79 Å². The molecule has 0 saturated carbocycles. The number of benzene rings is 2. The quantitative estimate of drug-likeness (QED) is 0.781. The molecule has 0 bridgehead atoms. The summed E-state index contributed by atoms with van der Waals surface area (Å²) in [5.74, 6) is 0.644.